The average Bonchev–Trinajstić information content (AvgIpc) is 2.77. The molecule has 2 rings (SSSR count). The van der Waals surface area contributed by atoms with Gasteiger partial charge in [-0.2, -0.15) is 9.40 Å². The molecule has 0 atom stereocenters. The zero-order valence-corrected chi connectivity index (χ0v) is 13.9. The van der Waals surface area contributed by atoms with E-state index in [1.165, 1.54) is 4.31 Å². The Morgan fingerprint density at radius 2 is 2.10 bits per heavy atom. The first-order valence-electron chi connectivity index (χ1n) is 6.01. The molecular formula is C13H16BrN3O2S. The minimum Gasteiger partial charge on any atom is -0.275 e. The van der Waals surface area contributed by atoms with Crippen LogP contribution >= 0.6 is 15.9 Å². The molecule has 0 N–H and O–H groups in total. The van der Waals surface area contributed by atoms with E-state index in [9.17, 15) is 8.42 Å². The van der Waals surface area contributed by atoms with Crippen LogP contribution in [0.4, 0.5) is 0 Å². The van der Waals surface area contributed by atoms with Gasteiger partial charge in [0.25, 0.3) is 0 Å². The van der Waals surface area contributed by atoms with Crippen molar-refractivity contribution in [3.8, 4) is 0 Å². The lowest BCUT2D eigenvalue weighted by Crippen LogP contribution is -2.27. The molecule has 7 heteroatoms. The fourth-order valence-corrected chi connectivity index (χ4v) is 3.83. The van der Waals surface area contributed by atoms with Crippen molar-refractivity contribution in [2.45, 2.75) is 18.4 Å². The number of aryl methyl sites for hydroxylation is 2. The van der Waals surface area contributed by atoms with Crippen molar-refractivity contribution in [2.75, 3.05) is 7.05 Å². The Kier molecular flexibility index (Phi) is 4.31. The maximum absolute atomic E-state index is 12.6. The molecule has 0 radical (unpaired) electrons. The second-order valence-electron chi connectivity index (χ2n) is 4.69. The van der Waals surface area contributed by atoms with Crippen molar-refractivity contribution < 1.29 is 8.42 Å². The Hall–Kier alpha value is -1.18. The normalized spacial score (nSPS) is 12.1. The molecule has 0 aliphatic heterocycles. The minimum atomic E-state index is -3.51. The number of halogens is 1. The number of hydrogen-bond donors (Lipinski definition) is 0. The molecule has 0 aliphatic rings. The van der Waals surface area contributed by atoms with E-state index in [1.54, 1.807) is 50.2 Å². The lowest BCUT2D eigenvalue weighted by atomic mass is 10.2. The quantitative estimate of drug-likeness (QED) is 0.843. The van der Waals surface area contributed by atoms with E-state index in [2.05, 4.69) is 21.0 Å². The molecule has 0 spiro atoms. The summed E-state index contributed by atoms with van der Waals surface area (Å²) < 4.78 is 28.9. The van der Waals surface area contributed by atoms with Crippen LogP contribution in [0.25, 0.3) is 0 Å². The Bertz CT molecular complexity index is 725. The number of rotatable bonds is 4. The van der Waals surface area contributed by atoms with Gasteiger partial charge in [0.1, 0.15) is 0 Å². The van der Waals surface area contributed by atoms with Crippen LogP contribution in [0.2, 0.25) is 0 Å². The van der Waals surface area contributed by atoms with E-state index in [0.717, 1.165) is 15.6 Å². The fraction of sp³-hybridized carbons (Fsp3) is 0.308. The SMILES string of the molecule is Cc1ccc(Br)cc1S(=O)(=O)N(C)Cc1cnn(C)c1. The average molecular weight is 358 g/mol. The number of sulfonamides is 1. The molecule has 1 aromatic heterocycles. The van der Waals surface area contributed by atoms with Crippen LogP contribution in [-0.4, -0.2) is 29.6 Å². The second kappa shape index (κ2) is 5.67. The van der Waals surface area contributed by atoms with Crippen molar-refractivity contribution in [2.24, 2.45) is 7.05 Å². The highest BCUT2D eigenvalue weighted by Gasteiger charge is 2.23. The van der Waals surface area contributed by atoms with Gasteiger partial charge in [0, 0.05) is 36.9 Å². The molecule has 0 saturated carbocycles. The summed E-state index contributed by atoms with van der Waals surface area (Å²) in [4.78, 5) is 0.318. The molecule has 0 bridgehead atoms. The van der Waals surface area contributed by atoms with Gasteiger partial charge in [-0.15, -0.1) is 0 Å². The van der Waals surface area contributed by atoms with Crippen LogP contribution in [0, 0.1) is 6.92 Å². The summed E-state index contributed by atoms with van der Waals surface area (Å²) in [5.41, 5.74) is 1.58. The standard InChI is InChI=1S/C13H16BrN3O2S/c1-10-4-5-12(14)6-13(10)20(18,19)17(3)9-11-7-15-16(2)8-11/h4-8H,9H2,1-3H3. The van der Waals surface area contributed by atoms with Gasteiger partial charge in [-0.05, 0) is 24.6 Å². The van der Waals surface area contributed by atoms with E-state index in [1.807, 2.05) is 6.07 Å². The maximum Gasteiger partial charge on any atom is 0.243 e. The van der Waals surface area contributed by atoms with Crippen molar-refractivity contribution in [1.29, 1.82) is 0 Å². The Morgan fingerprint density at radius 3 is 2.70 bits per heavy atom. The van der Waals surface area contributed by atoms with Crippen LogP contribution in [0.15, 0.2) is 40.0 Å². The first kappa shape index (κ1) is 15.2. The number of nitrogens with zero attached hydrogens (tertiary/aromatic N) is 3. The summed E-state index contributed by atoms with van der Waals surface area (Å²) in [6.45, 7) is 2.08. The largest absolute Gasteiger partial charge is 0.275 e. The van der Waals surface area contributed by atoms with Gasteiger partial charge >= 0.3 is 0 Å². The highest BCUT2D eigenvalue weighted by Crippen LogP contribution is 2.24. The summed E-state index contributed by atoms with van der Waals surface area (Å²) in [7, 11) is -0.141. The first-order valence-corrected chi connectivity index (χ1v) is 8.24. The summed E-state index contributed by atoms with van der Waals surface area (Å²) in [6, 6.07) is 5.24. The third-order valence-corrected chi connectivity index (χ3v) is 5.44. The molecule has 0 amide bonds. The van der Waals surface area contributed by atoms with E-state index in [0.29, 0.717) is 11.4 Å². The van der Waals surface area contributed by atoms with Gasteiger partial charge in [0.2, 0.25) is 10.0 Å². The molecule has 0 saturated heterocycles. The topological polar surface area (TPSA) is 55.2 Å². The van der Waals surface area contributed by atoms with Crippen LogP contribution in [0.1, 0.15) is 11.1 Å². The van der Waals surface area contributed by atoms with Crippen LogP contribution < -0.4 is 0 Å². The first-order chi connectivity index (χ1) is 9.30. The number of hydrogen-bond acceptors (Lipinski definition) is 3. The van der Waals surface area contributed by atoms with Crippen molar-refractivity contribution >= 4 is 26.0 Å². The molecule has 1 heterocycles. The molecule has 0 fully saturated rings. The third kappa shape index (κ3) is 3.11. The molecule has 2 aromatic rings. The van der Waals surface area contributed by atoms with E-state index in [4.69, 9.17) is 0 Å². The molecular weight excluding hydrogens is 342 g/mol. The van der Waals surface area contributed by atoms with Crippen LogP contribution in [0.5, 0.6) is 0 Å². The molecule has 108 valence electrons. The monoisotopic (exact) mass is 357 g/mol. The predicted octanol–water partition coefficient (Wildman–Crippen LogP) is 2.31. The van der Waals surface area contributed by atoms with Gasteiger partial charge < -0.3 is 0 Å². The molecule has 1 aromatic carbocycles. The van der Waals surface area contributed by atoms with Gasteiger partial charge in [-0.3, -0.25) is 4.68 Å². The highest BCUT2D eigenvalue weighted by molar-refractivity contribution is 9.10. The van der Waals surface area contributed by atoms with E-state index >= 15 is 0 Å². The number of aromatic nitrogens is 2. The van der Waals surface area contributed by atoms with Crippen LogP contribution in [0.3, 0.4) is 0 Å². The summed E-state index contributed by atoms with van der Waals surface area (Å²) in [5, 5.41) is 4.04. The Balaban J connectivity index is 2.32. The zero-order chi connectivity index (χ0) is 14.9. The zero-order valence-electron chi connectivity index (χ0n) is 11.5. The van der Waals surface area contributed by atoms with E-state index in [-0.39, 0.29) is 0 Å². The lowest BCUT2D eigenvalue weighted by molar-refractivity contribution is 0.466. The Morgan fingerprint density at radius 1 is 1.40 bits per heavy atom. The highest BCUT2D eigenvalue weighted by atomic mass is 79.9. The van der Waals surface area contributed by atoms with Gasteiger partial charge in [0.15, 0.2) is 0 Å². The fourth-order valence-electron chi connectivity index (χ4n) is 1.92. The third-order valence-electron chi connectivity index (χ3n) is 3.00. The summed E-state index contributed by atoms with van der Waals surface area (Å²) in [5.74, 6) is 0. The van der Waals surface area contributed by atoms with Crippen LogP contribution in [-0.2, 0) is 23.6 Å². The molecule has 5 nitrogen and oxygen atoms in total. The van der Waals surface area contributed by atoms with Gasteiger partial charge in [-0.25, -0.2) is 8.42 Å². The molecule has 20 heavy (non-hydrogen) atoms. The lowest BCUT2D eigenvalue weighted by Gasteiger charge is -2.18. The second-order valence-corrected chi connectivity index (χ2v) is 7.62. The summed E-state index contributed by atoms with van der Waals surface area (Å²) >= 11 is 3.31. The molecule has 0 aliphatic carbocycles. The van der Waals surface area contributed by atoms with Gasteiger partial charge in [0.05, 0.1) is 11.1 Å². The smallest absolute Gasteiger partial charge is 0.243 e. The minimum absolute atomic E-state index is 0.294. The maximum atomic E-state index is 12.6. The van der Waals surface area contributed by atoms with Crippen molar-refractivity contribution in [1.82, 2.24) is 14.1 Å². The Labute approximate surface area is 127 Å². The predicted molar refractivity (Wildman–Crippen MR) is 80.7 cm³/mol. The van der Waals surface area contributed by atoms with Crippen molar-refractivity contribution in [3.05, 3.63) is 46.2 Å². The molecule has 0 unspecified atom stereocenters. The van der Waals surface area contributed by atoms with Gasteiger partial charge in [-0.1, -0.05) is 22.0 Å². The van der Waals surface area contributed by atoms with E-state index < -0.39 is 10.0 Å². The summed E-state index contributed by atoms with van der Waals surface area (Å²) in [6.07, 6.45) is 3.47. The number of benzene rings is 1. The van der Waals surface area contributed by atoms with Crippen molar-refractivity contribution in [3.63, 3.8) is 0 Å².